The fourth-order valence-electron chi connectivity index (χ4n) is 2.99. The van der Waals surface area contributed by atoms with Gasteiger partial charge >= 0.3 is 0 Å². The number of halogens is 1. The Hall–Kier alpha value is -0.370. The molecule has 3 N–H and O–H groups in total. The Morgan fingerprint density at radius 2 is 2.10 bits per heavy atom. The van der Waals surface area contributed by atoms with E-state index in [1.807, 2.05) is 6.92 Å². The molecule has 0 bridgehead atoms. The zero-order valence-electron chi connectivity index (χ0n) is 12.3. The predicted molar refractivity (Wildman–Crippen MR) is 85.3 cm³/mol. The first-order valence-corrected chi connectivity index (χ1v) is 9.76. The van der Waals surface area contributed by atoms with Crippen LogP contribution >= 0.6 is 15.9 Å². The summed E-state index contributed by atoms with van der Waals surface area (Å²) >= 11 is 3.16. The van der Waals surface area contributed by atoms with Gasteiger partial charge in [-0.05, 0) is 41.1 Å². The van der Waals surface area contributed by atoms with Gasteiger partial charge in [-0.25, -0.2) is 13.1 Å². The molecule has 1 aromatic heterocycles. The van der Waals surface area contributed by atoms with Crippen LogP contribution in [0.1, 0.15) is 51.2 Å². The van der Waals surface area contributed by atoms with Crippen molar-refractivity contribution in [2.24, 2.45) is 11.7 Å². The van der Waals surface area contributed by atoms with E-state index in [2.05, 4.69) is 20.7 Å². The summed E-state index contributed by atoms with van der Waals surface area (Å²) in [5, 5.41) is 0. The summed E-state index contributed by atoms with van der Waals surface area (Å²) in [6.45, 7) is 2.20. The summed E-state index contributed by atoms with van der Waals surface area (Å²) in [7, 11) is -3.59. The second-order valence-electron chi connectivity index (χ2n) is 5.59. The summed E-state index contributed by atoms with van der Waals surface area (Å²) in [4.78, 5) is 0.136. The summed E-state index contributed by atoms with van der Waals surface area (Å²) in [5.74, 6) is 0.881. The average molecular weight is 379 g/mol. The van der Waals surface area contributed by atoms with Gasteiger partial charge in [-0.3, -0.25) is 0 Å². The second kappa shape index (κ2) is 7.26. The molecule has 1 heterocycles. The van der Waals surface area contributed by atoms with Gasteiger partial charge in [-0.15, -0.1) is 0 Å². The molecular weight excluding hydrogens is 356 g/mol. The molecule has 5 nitrogen and oxygen atoms in total. The fraction of sp³-hybridized carbons (Fsp3) is 0.714. The third-order valence-electron chi connectivity index (χ3n) is 4.16. The third-order valence-corrected chi connectivity index (χ3v) is 6.51. The van der Waals surface area contributed by atoms with Crippen LogP contribution in [0.4, 0.5) is 0 Å². The minimum atomic E-state index is -3.59. The molecule has 0 aromatic carbocycles. The lowest BCUT2D eigenvalue weighted by molar-refractivity contribution is 0.285. The molecule has 0 spiro atoms. The first-order valence-electron chi connectivity index (χ1n) is 7.48. The van der Waals surface area contributed by atoms with Crippen LogP contribution in [0.5, 0.6) is 0 Å². The SMILES string of the molecule is CCC(NS(=O)(=O)c1cc(CN)oc1Br)C1CCCCC1. The molecule has 21 heavy (non-hydrogen) atoms. The molecule has 1 unspecified atom stereocenters. The van der Waals surface area contributed by atoms with Crippen LogP contribution in [0, 0.1) is 5.92 Å². The Morgan fingerprint density at radius 1 is 1.43 bits per heavy atom. The van der Waals surface area contributed by atoms with Crippen molar-refractivity contribution < 1.29 is 12.8 Å². The molecule has 7 heteroatoms. The molecule has 0 aliphatic heterocycles. The van der Waals surface area contributed by atoms with Crippen molar-refractivity contribution >= 4 is 26.0 Å². The van der Waals surface area contributed by atoms with Crippen molar-refractivity contribution in [3.63, 3.8) is 0 Å². The number of furan rings is 1. The molecule has 0 radical (unpaired) electrons. The van der Waals surface area contributed by atoms with Crippen LogP contribution in [0.2, 0.25) is 0 Å². The quantitative estimate of drug-likeness (QED) is 0.795. The van der Waals surface area contributed by atoms with Gasteiger partial charge in [-0.1, -0.05) is 26.2 Å². The molecule has 1 atom stereocenters. The lowest BCUT2D eigenvalue weighted by atomic mass is 9.83. The van der Waals surface area contributed by atoms with Gasteiger partial charge in [-0.2, -0.15) is 0 Å². The maximum atomic E-state index is 12.6. The maximum absolute atomic E-state index is 12.6. The van der Waals surface area contributed by atoms with Gasteiger partial charge in [0.25, 0.3) is 0 Å². The van der Waals surface area contributed by atoms with Gasteiger partial charge in [0, 0.05) is 12.1 Å². The molecule has 0 amide bonds. The van der Waals surface area contributed by atoms with Crippen LogP contribution in [-0.2, 0) is 16.6 Å². The highest BCUT2D eigenvalue weighted by molar-refractivity contribution is 9.10. The monoisotopic (exact) mass is 378 g/mol. The highest BCUT2D eigenvalue weighted by atomic mass is 79.9. The normalized spacial score (nSPS) is 18.8. The Bertz CT molecular complexity index is 565. The van der Waals surface area contributed by atoms with E-state index in [9.17, 15) is 8.42 Å². The van der Waals surface area contributed by atoms with Crippen LogP contribution in [0.25, 0.3) is 0 Å². The Labute approximate surface area is 134 Å². The topological polar surface area (TPSA) is 85.3 Å². The number of hydrogen-bond acceptors (Lipinski definition) is 4. The molecule has 2 rings (SSSR count). The first-order chi connectivity index (χ1) is 9.97. The second-order valence-corrected chi connectivity index (χ2v) is 7.99. The smallest absolute Gasteiger partial charge is 0.245 e. The Kier molecular flexibility index (Phi) is 5.88. The van der Waals surface area contributed by atoms with E-state index in [-0.39, 0.29) is 22.2 Å². The third kappa shape index (κ3) is 4.09. The molecule has 1 saturated carbocycles. The number of hydrogen-bond donors (Lipinski definition) is 2. The molecule has 1 aliphatic carbocycles. The van der Waals surface area contributed by atoms with Crippen molar-refractivity contribution in [3.8, 4) is 0 Å². The van der Waals surface area contributed by atoms with Crippen molar-refractivity contribution in [2.45, 2.75) is 62.9 Å². The largest absolute Gasteiger partial charge is 0.452 e. The highest BCUT2D eigenvalue weighted by Gasteiger charge is 2.29. The predicted octanol–water partition coefficient (Wildman–Crippen LogP) is 3.14. The minimum Gasteiger partial charge on any atom is -0.452 e. The fourth-order valence-corrected chi connectivity index (χ4v) is 5.38. The zero-order valence-corrected chi connectivity index (χ0v) is 14.7. The summed E-state index contributed by atoms with van der Waals surface area (Å²) < 4.78 is 33.5. The van der Waals surface area contributed by atoms with Crippen molar-refractivity contribution in [3.05, 3.63) is 16.5 Å². The van der Waals surface area contributed by atoms with Gasteiger partial charge < -0.3 is 10.2 Å². The average Bonchev–Trinajstić information content (AvgIpc) is 2.88. The van der Waals surface area contributed by atoms with E-state index in [0.29, 0.717) is 11.7 Å². The lowest BCUT2D eigenvalue weighted by Crippen LogP contribution is -2.40. The van der Waals surface area contributed by atoms with E-state index >= 15 is 0 Å². The molecule has 1 aromatic rings. The van der Waals surface area contributed by atoms with Crippen molar-refractivity contribution in [2.75, 3.05) is 0 Å². The summed E-state index contributed by atoms with van der Waals surface area (Å²) in [5.41, 5.74) is 5.49. The van der Waals surface area contributed by atoms with Crippen LogP contribution < -0.4 is 10.5 Å². The number of nitrogens with one attached hydrogen (secondary N) is 1. The molecule has 1 aliphatic rings. The summed E-state index contributed by atoms with van der Waals surface area (Å²) in [6.07, 6.45) is 6.63. The van der Waals surface area contributed by atoms with E-state index in [4.69, 9.17) is 10.2 Å². The van der Waals surface area contributed by atoms with Gasteiger partial charge in [0.1, 0.15) is 10.7 Å². The van der Waals surface area contributed by atoms with Gasteiger partial charge in [0.05, 0.1) is 6.54 Å². The highest BCUT2D eigenvalue weighted by Crippen LogP contribution is 2.30. The first kappa shape index (κ1) is 17.0. The van der Waals surface area contributed by atoms with Crippen molar-refractivity contribution in [1.29, 1.82) is 0 Å². The molecule has 120 valence electrons. The maximum Gasteiger partial charge on any atom is 0.245 e. The van der Waals surface area contributed by atoms with E-state index in [1.165, 1.54) is 25.3 Å². The van der Waals surface area contributed by atoms with Gasteiger partial charge in [0.15, 0.2) is 4.67 Å². The van der Waals surface area contributed by atoms with E-state index < -0.39 is 10.0 Å². The Balaban J connectivity index is 2.16. The molecule has 1 fully saturated rings. The minimum absolute atomic E-state index is 0.0153. The lowest BCUT2D eigenvalue weighted by Gasteiger charge is -2.29. The number of rotatable bonds is 6. The van der Waals surface area contributed by atoms with Crippen LogP contribution in [-0.4, -0.2) is 14.5 Å². The zero-order chi connectivity index (χ0) is 15.5. The van der Waals surface area contributed by atoms with Gasteiger partial charge in [0.2, 0.25) is 10.0 Å². The van der Waals surface area contributed by atoms with Crippen molar-refractivity contribution in [1.82, 2.24) is 4.72 Å². The van der Waals surface area contributed by atoms with Crippen LogP contribution in [0.15, 0.2) is 20.0 Å². The molecule has 0 saturated heterocycles. The van der Waals surface area contributed by atoms with E-state index in [0.717, 1.165) is 19.3 Å². The number of nitrogens with two attached hydrogens (primary N) is 1. The molecular formula is C14H23BrN2O3S. The summed E-state index contributed by atoms with van der Waals surface area (Å²) in [6, 6.07) is 1.47. The van der Waals surface area contributed by atoms with E-state index in [1.54, 1.807) is 0 Å². The number of sulfonamides is 1. The standard InChI is InChI=1S/C14H23BrN2O3S/c1-2-12(10-6-4-3-5-7-10)17-21(18,19)13-8-11(9-16)20-14(13)15/h8,10,12,17H,2-7,9,16H2,1H3. The Morgan fingerprint density at radius 3 is 2.62 bits per heavy atom. The van der Waals surface area contributed by atoms with Crippen LogP contribution in [0.3, 0.4) is 0 Å².